The van der Waals surface area contributed by atoms with Gasteiger partial charge in [0.2, 0.25) is 0 Å². The van der Waals surface area contributed by atoms with Crippen LogP contribution in [0.1, 0.15) is 84.8 Å². The molecule has 11 nitrogen and oxygen atoms in total. The molecule has 14 heteroatoms. The summed E-state index contributed by atoms with van der Waals surface area (Å²) < 4.78 is 16.1. The third kappa shape index (κ3) is 8.42. The molecule has 5 rings (SSSR count). The number of hydrogen-bond donors (Lipinski definition) is 3. The lowest BCUT2D eigenvalue weighted by Crippen LogP contribution is -2.46. The van der Waals surface area contributed by atoms with E-state index in [2.05, 4.69) is 78.8 Å². The van der Waals surface area contributed by atoms with Gasteiger partial charge >= 0.3 is 0 Å². The van der Waals surface area contributed by atoms with Gasteiger partial charge < -0.3 is 24.5 Å². The Balaban J connectivity index is 1.56. The average molecular weight is 768 g/mol. The molecule has 0 spiro atoms. The molecule has 2 aliphatic rings. The number of fused-ring (bicyclic) bond motifs is 1. The van der Waals surface area contributed by atoms with E-state index in [1.165, 1.54) is 5.56 Å². The van der Waals surface area contributed by atoms with E-state index in [0.717, 1.165) is 12.8 Å². The van der Waals surface area contributed by atoms with Gasteiger partial charge in [-0.05, 0) is 78.7 Å². The number of ether oxygens (including phenoxy) is 1. The molecule has 4 heterocycles. The predicted octanol–water partition coefficient (Wildman–Crippen LogP) is 7.88. The van der Waals surface area contributed by atoms with E-state index < -0.39 is 31.2 Å². The number of nitrogen functional groups attached to an aromatic ring is 1. The number of hydrazone groups is 1. The van der Waals surface area contributed by atoms with Crippen LogP contribution in [0.4, 0.5) is 5.82 Å². The molecule has 0 radical (unpaired) electrons. The second-order valence-electron chi connectivity index (χ2n) is 19.3. The molecular weight excluding hydrogens is 703 g/mol. The fourth-order valence-corrected chi connectivity index (χ4v) is 9.36. The number of hydrogen-bond acceptors (Lipinski definition) is 10. The first-order valence-electron chi connectivity index (χ1n) is 18.9. The number of aromatic nitrogens is 4. The SMILES string of the molecule is CC(C)(C[C@@H]1C(CO[Si](C)(C)C(C)(C)C)OC(n2cnc3c(N)nc(C4C=NN(Cc5ccccc5)C4)nc32)[C@@H]1CC(C)(C)[Si](C)(C)O)[Si](C)(C)O. The highest BCUT2D eigenvalue weighted by molar-refractivity contribution is 6.74. The summed E-state index contributed by atoms with van der Waals surface area (Å²) in [6.07, 6.45) is 4.52. The van der Waals surface area contributed by atoms with Crippen molar-refractivity contribution in [1.82, 2.24) is 24.5 Å². The summed E-state index contributed by atoms with van der Waals surface area (Å²) in [4.78, 5) is 37.8. The van der Waals surface area contributed by atoms with Gasteiger partial charge in [-0.1, -0.05) is 78.8 Å². The Hall–Kier alpha value is -2.47. The van der Waals surface area contributed by atoms with Gasteiger partial charge in [-0.2, -0.15) is 5.10 Å². The topological polar surface area (TPSA) is 144 Å². The fourth-order valence-electron chi connectivity index (χ4n) is 6.87. The van der Waals surface area contributed by atoms with E-state index in [9.17, 15) is 9.59 Å². The molecule has 1 aromatic carbocycles. The van der Waals surface area contributed by atoms with Gasteiger partial charge in [-0.3, -0.25) is 9.58 Å². The van der Waals surface area contributed by atoms with E-state index in [4.69, 9.17) is 29.8 Å². The molecule has 5 atom stereocenters. The van der Waals surface area contributed by atoms with E-state index in [0.29, 0.717) is 42.5 Å². The lowest BCUT2D eigenvalue weighted by molar-refractivity contribution is -0.0353. The summed E-state index contributed by atoms with van der Waals surface area (Å²) in [5, 5.41) is 6.13. The van der Waals surface area contributed by atoms with Crippen LogP contribution >= 0.6 is 0 Å². The van der Waals surface area contributed by atoms with E-state index in [1.807, 2.05) is 60.2 Å². The van der Waals surface area contributed by atoms with Crippen LogP contribution in [0.3, 0.4) is 0 Å². The molecule has 3 aromatic rings. The molecule has 0 aliphatic carbocycles. The second-order valence-corrected chi connectivity index (χ2v) is 33.0. The first-order valence-corrected chi connectivity index (χ1v) is 27.7. The zero-order valence-electron chi connectivity index (χ0n) is 33.9. The molecule has 52 heavy (non-hydrogen) atoms. The molecule has 0 bridgehead atoms. The van der Waals surface area contributed by atoms with Crippen LogP contribution in [0.5, 0.6) is 0 Å². The molecule has 4 N–H and O–H groups in total. The van der Waals surface area contributed by atoms with Crippen molar-refractivity contribution < 1.29 is 18.8 Å². The average Bonchev–Trinajstić information content (AvgIpc) is 3.73. The summed E-state index contributed by atoms with van der Waals surface area (Å²) >= 11 is 0. The number of anilines is 1. The minimum atomic E-state index is -2.62. The zero-order chi connectivity index (χ0) is 38.7. The Labute approximate surface area is 314 Å². The molecular formula is C38H65N7O4Si3. The number of nitrogens with two attached hydrogens (primary N) is 1. The van der Waals surface area contributed by atoms with E-state index in [1.54, 1.807) is 6.33 Å². The van der Waals surface area contributed by atoms with Crippen LogP contribution in [0.25, 0.3) is 11.2 Å². The van der Waals surface area contributed by atoms with Crippen molar-refractivity contribution in [2.45, 2.75) is 140 Å². The number of rotatable bonds is 13. The summed E-state index contributed by atoms with van der Waals surface area (Å²) in [7, 11) is -7.33. The van der Waals surface area contributed by atoms with E-state index >= 15 is 0 Å². The maximum atomic E-state index is 11.6. The third-order valence-electron chi connectivity index (χ3n) is 13.0. The summed E-state index contributed by atoms with van der Waals surface area (Å²) in [6.45, 7) is 30.0. The maximum Gasteiger partial charge on any atom is 0.192 e. The highest BCUT2D eigenvalue weighted by atomic mass is 28.4. The van der Waals surface area contributed by atoms with Crippen LogP contribution in [0, 0.1) is 11.8 Å². The lowest BCUT2D eigenvalue weighted by Gasteiger charge is -2.43. The van der Waals surface area contributed by atoms with Crippen molar-refractivity contribution in [1.29, 1.82) is 0 Å². The monoisotopic (exact) mass is 767 g/mol. The minimum Gasteiger partial charge on any atom is -0.432 e. The van der Waals surface area contributed by atoms with Gasteiger partial charge in [0.1, 0.15) is 17.6 Å². The van der Waals surface area contributed by atoms with Crippen molar-refractivity contribution in [2.75, 3.05) is 18.9 Å². The van der Waals surface area contributed by atoms with Gasteiger partial charge in [0.15, 0.2) is 36.4 Å². The van der Waals surface area contributed by atoms with Crippen LogP contribution in [0.15, 0.2) is 41.8 Å². The molecule has 1 saturated heterocycles. The van der Waals surface area contributed by atoms with Crippen molar-refractivity contribution in [3.8, 4) is 0 Å². The minimum absolute atomic E-state index is 0.0241. The molecule has 288 valence electrons. The Morgan fingerprint density at radius 2 is 1.48 bits per heavy atom. The van der Waals surface area contributed by atoms with Gasteiger partial charge in [0.05, 0.1) is 38.0 Å². The van der Waals surface area contributed by atoms with E-state index in [-0.39, 0.29) is 39.0 Å². The predicted molar refractivity (Wildman–Crippen MR) is 219 cm³/mol. The van der Waals surface area contributed by atoms with Crippen molar-refractivity contribution in [3.63, 3.8) is 0 Å². The molecule has 2 aliphatic heterocycles. The summed E-state index contributed by atoms with van der Waals surface area (Å²) in [5.41, 5.74) is 8.98. The first kappa shape index (κ1) is 40.7. The summed E-state index contributed by atoms with van der Waals surface area (Å²) in [6, 6.07) is 10.3. The Bertz CT molecular complexity index is 1730. The third-order valence-corrected chi connectivity index (χ3v) is 24.6. The maximum absolute atomic E-state index is 11.6. The fraction of sp³-hybridized carbons (Fsp3) is 0.684. The molecule has 1 fully saturated rings. The largest absolute Gasteiger partial charge is 0.432 e. The Morgan fingerprint density at radius 3 is 2.06 bits per heavy atom. The smallest absolute Gasteiger partial charge is 0.192 e. The zero-order valence-corrected chi connectivity index (χ0v) is 36.9. The van der Waals surface area contributed by atoms with Gasteiger partial charge in [-0.15, -0.1) is 0 Å². The van der Waals surface area contributed by atoms with Crippen LogP contribution in [-0.4, -0.2) is 84.5 Å². The Morgan fingerprint density at radius 1 is 0.885 bits per heavy atom. The highest BCUT2D eigenvalue weighted by Gasteiger charge is 2.54. The molecule has 2 aromatic heterocycles. The van der Waals surface area contributed by atoms with Gasteiger partial charge in [0.25, 0.3) is 0 Å². The number of imidazole rings is 1. The van der Waals surface area contributed by atoms with Crippen molar-refractivity contribution in [3.05, 3.63) is 48.0 Å². The van der Waals surface area contributed by atoms with Gasteiger partial charge in [-0.25, -0.2) is 15.0 Å². The normalized spacial score (nSPS) is 23.7. The van der Waals surface area contributed by atoms with Crippen LogP contribution in [0.2, 0.25) is 54.4 Å². The molecule has 3 unspecified atom stereocenters. The number of nitrogens with zero attached hydrogens (tertiary/aromatic N) is 6. The van der Waals surface area contributed by atoms with Crippen LogP contribution in [-0.2, 0) is 15.7 Å². The molecule has 0 saturated carbocycles. The quantitative estimate of drug-likeness (QED) is 0.148. The highest BCUT2D eigenvalue weighted by Crippen LogP contribution is 2.56. The number of benzene rings is 1. The Kier molecular flexibility index (Phi) is 11.2. The van der Waals surface area contributed by atoms with Gasteiger partial charge in [0, 0.05) is 12.1 Å². The molecule has 0 amide bonds. The standard InChI is InChI=1S/C38H65N7O4Si3/c1-36(2,3)52(12,13)48-24-30-28(19-37(4,5)50(8,9)46)29(20-38(6,7)51(10,11)47)35(49-30)45-25-40-31-32(39)42-33(43-34(31)45)27-21-41-44(23-27)22-26-17-15-14-16-18-26/h14-18,21,25,27-30,35,46-47H,19-20,22-24H2,1-13H3,(H2,39,42,43)/t27?,28-,29+,30?,35?/m0/s1. The van der Waals surface area contributed by atoms with Crippen molar-refractivity contribution in [2.24, 2.45) is 16.9 Å². The van der Waals surface area contributed by atoms with Crippen LogP contribution < -0.4 is 5.73 Å². The first-order chi connectivity index (χ1) is 23.8. The second kappa shape index (κ2) is 14.3. The summed E-state index contributed by atoms with van der Waals surface area (Å²) in [5.74, 6) is 0.826. The van der Waals surface area contributed by atoms with Crippen molar-refractivity contribution >= 4 is 48.1 Å². The lowest BCUT2D eigenvalue weighted by atomic mass is 9.78.